The molecule has 0 spiro atoms. The van der Waals surface area contributed by atoms with Gasteiger partial charge in [-0.25, -0.2) is 0 Å². The van der Waals surface area contributed by atoms with E-state index in [9.17, 15) is 0 Å². The Hall–Kier alpha value is -2.40. The molecule has 1 aromatic carbocycles. The molecule has 0 saturated heterocycles. The largest absolute Gasteiger partial charge is 0.435 e. The zero-order valence-electron chi connectivity index (χ0n) is 11.4. The molecule has 6 heteroatoms. The molecule has 0 aliphatic carbocycles. The molecule has 21 heavy (non-hydrogen) atoms. The first-order valence-electron chi connectivity index (χ1n) is 6.55. The number of benzene rings is 1. The number of ether oxygens (including phenoxy) is 1. The predicted octanol–water partition coefficient (Wildman–Crippen LogP) is 3.90. The summed E-state index contributed by atoms with van der Waals surface area (Å²) in [6.07, 6.45) is 4.91. The summed E-state index contributed by atoms with van der Waals surface area (Å²) in [6.45, 7) is 2.76. The number of anilines is 1. The summed E-state index contributed by atoms with van der Waals surface area (Å²) in [5.41, 5.74) is 0.695. The fourth-order valence-electron chi connectivity index (χ4n) is 1.97. The summed E-state index contributed by atoms with van der Waals surface area (Å²) < 4.78 is 5.80. The van der Waals surface area contributed by atoms with Crippen molar-refractivity contribution in [3.8, 4) is 11.6 Å². The van der Waals surface area contributed by atoms with Crippen molar-refractivity contribution in [2.24, 2.45) is 0 Å². The third-order valence-corrected chi connectivity index (χ3v) is 3.19. The van der Waals surface area contributed by atoms with Crippen molar-refractivity contribution in [1.29, 1.82) is 0 Å². The Balaban J connectivity index is 1.98. The number of hydrogen-bond donors (Lipinski definition) is 1. The third kappa shape index (κ3) is 2.87. The van der Waals surface area contributed by atoms with Gasteiger partial charge in [0.25, 0.3) is 0 Å². The molecule has 1 N–H and O–H groups in total. The van der Waals surface area contributed by atoms with Gasteiger partial charge in [0.1, 0.15) is 11.3 Å². The molecule has 0 atom stereocenters. The lowest BCUT2D eigenvalue weighted by Gasteiger charge is -2.09. The first-order valence-corrected chi connectivity index (χ1v) is 6.92. The van der Waals surface area contributed by atoms with Gasteiger partial charge in [0.2, 0.25) is 5.88 Å². The maximum Gasteiger partial charge on any atom is 0.239 e. The van der Waals surface area contributed by atoms with Crippen LogP contribution in [0, 0.1) is 0 Å². The van der Waals surface area contributed by atoms with E-state index < -0.39 is 0 Å². The Morgan fingerprint density at radius 2 is 2.14 bits per heavy atom. The highest BCUT2D eigenvalue weighted by Crippen LogP contribution is 2.32. The zero-order chi connectivity index (χ0) is 14.7. The monoisotopic (exact) mass is 300 g/mol. The van der Waals surface area contributed by atoms with Crippen molar-refractivity contribution in [2.75, 3.05) is 11.9 Å². The van der Waals surface area contributed by atoms with E-state index >= 15 is 0 Å². The van der Waals surface area contributed by atoms with Gasteiger partial charge in [0.05, 0.1) is 17.4 Å². The third-order valence-electron chi connectivity index (χ3n) is 2.86. The lowest BCUT2D eigenvalue weighted by Crippen LogP contribution is -2.01. The van der Waals surface area contributed by atoms with E-state index in [1.807, 2.05) is 19.1 Å². The van der Waals surface area contributed by atoms with Gasteiger partial charge in [-0.05, 0) is 31.2 Å². The minimum absolute atomic E-state index is 0.405. The number of hydrogen-bond acceptors (Lipinski definition) is 5. The van der Waals surface area contributed by atoms with Crippen LogP contribution in [0.5, 0.6) is 11.6 Å². The summed E-state index contributed by atoms with van der Waals surface area (Å²) in [6, 6.07) is 7.30. The minimum atomic E-state index is 0.405. The Kier molecular flexibility index (Phi) is 3.83. The predicted molar refractivity (Wildman–Crippen MR) is 83.0 cm³/mol. The van der Waals surface area contributed by atoms with Crippen molar-refractivity contribution in [2.45, 2.75) is 6.92 Å². The van der Waals surface area contributed by atoms with Crippen molar-refractivity contribution in [3.63, 3.8) is 0 Å². The number of rotatable bonds is 4. The van der Waals surface area contributed by atoms with Crippen LogP contribution in [0.1, 0.15) is 6.92 Å². The summed E-state index contributed by atoms with van der Waals surface area (Å²) in [4.78, 5) is 12.8. The summed E-state index contributed by atoms with van der Waals surface area (Å²) >= 11 is 6.16. The van der Waals surface area contributed by atoms with E-state index in [4.69, 9.17) is 16.3 Å². The molecular weight excluding hydrogens is 288 g/mol. The molecule has 2 heterocycles. The molecular formula is C15H13ClN4O. The van der Waals surface area contributed by atoms with E-state index in [1.165, 1.54) is 0 Å². The van der Waals surface area contributed by atoms with Crippen molar-refractivity contribution >= 4 is 28.3 Å². The molecule has 0 amide bonds. The molecule has 106 valence electrons. The van der Waals surface area contributed by atoms with Crippen LogP contribution >= 0.6 is 11.6 Å². The smallest absolute Gasteiger partial charge is 0.239 e. The summed E-state index contributed by atoms with van der Waals surface area (Å²) in [7, 11) is 0. The summed E-state index contributed by atoms with van der Waals surface area (Å²) in [5, 5.41) is 4.57. The molecule has 3 rings (SSSR count). The second-order valence-corrected chi connectivity index (χ2v) is 4.73. The van der Waals surface area contributed by atoms with Gasteiger partial charge < -0.3 is 10.1 Å². The molecule has 0 bridgehead atoms. The number of aromatic nitrogens is 3. The Morgan fingerprint density at radius 1 is 1.24 bits per heavy atom. The summed E-state index contributed by atoms with van der Waals surface area (Å²) in [5.74, 6) is 1.67. The zero-order valence-corrected chi connectivity index (χ0v) is 12.1. The average molecular weight is 301 g/mol. The van der Waals surface area contributed by atoms with Crippen LogP contribution in [0.3, 0.4) is 0 Å². The highest BCUT2D eigenvalue weighted by atomic mass is 35.5. The van der Waals surface area contributed by atoms with Gasteiger partial charge in [-0.2, -0.15) is 4.98 Å². The van der Waals surface area contributed by atoms with E-state index in [2.05, 4.69) is 20.3 Å². The van der Waals surface area contributed by atoms with E-state index in [0.29, 0.717) is 28.0 Å². The lowest BCUT2D eigenvalue weighted by molar-refractivity contribution is 0.465. The molecule has 5 nitrogen and oxygen atoms in total. The van der Waals surface area contributed by atoms with Crippen molar-refractivity contribution < 1.29 is 4.74 Å². The molecule has 0 aliphatic heterocycles. The molecule has 0 unspecified atom stereocenters. The molecule has 0 saturated carbocycles. The van der Waals surface area contributed by atoms with Crippen LogP contribution in [0.4, 0.5) is 5.82 Å². The highest BCUT2D eigenvalue weighted by molar-refractivity contribution is 6.35. The van der Waals surface area contributed by atoms with Crippen LogP contribution in [-0.2, 0) is 0 Å². The molecule has 0 fully saturated rings. The first-order chi connectivity index (χ1) is 10.3. The van der Waals surface area contributed by atoms with Crippen LogP contribution in [0.15, 0.2) is 42.9 Å². The van der Waals surface area contributed by atoms with Gasteiger partial charge in [-0.15, -0.1) is 0 Å². The van der Waals surface area contributed by atoms with E-state index in [1.54, 1.807) is 30.7 Å². The van der Waals surface area contributed by atoms with E-state index in [0.717, 1.165) is 11.9 Å². The number of halogens is 1. The molecule has 3 aromatic rings. The number of nitrogens with zero attached hydrogens (tertiary/aromatic N) is 3. The van der Waals surface area contributed by atoms with Crippen LogP contribution in [0.2, 0.25) is 5.02 Å². The minimum Gasteiger partial charge on any atom is -0.435 e. The second kappa shape index (κ2) is 5.93. The fraction of sp³-hybridized carbons (Fsp3) is 0.133. The Morgan fingerprint density at radius 3 is 3.00 bits per heavy atom. The Labute approximate surface area is 127 Å². The van der Waals surface area contributed by atoms with Crippen LogP contribution < -0.4 is 10.1 Å². The molecule has 0 radical (unpaired) electrons. The van der Waals surface area contributed by atoms with Gasteiger partial charge in [-0.3, -0.25) is 9.97 Å². The molecule has 2 aromatic heterocycles. The van der Waals surface area contributed by atoms with Gasteiger partial charge >= 0.3 is 0 Å². The van der Waals surface area contributed by atoms with Crippen LogP contribution in [-0.4, -0.2) is 21.5 Å². The normalized spacial score (nSPS) is 10.6. The first kappa shape index (κ1) is 13.6. The maximum absolute atomic E-state index is 6.16. The Bertz CT molecular complexity index is 778. The van der Waals surface area contributed by atoms with Crippen LogP contribution in [0.25, 0.3) is 10.9 Å². The van der Waals surface area contributed by atoms with Gasteiger partial charge in [-0.1, -0.05) is 11.6 Å². The van der Waals surface area contributed by atoms with Crippen molar-refractivity contribution in [1.82, 2.24) is 15.0 Å². The quantitative estimate of drug-likeness (QED) is 0.792. The maximum atomic E-state index is 6.16. The SMILES string of the molecule is CCNc1cncc(Oc2ccc(Cl)c3cccnc23)n1. The van der Waals surface area contributed by atoms with Gasteiger partial charge in [0, 0.05) is 18.1 Å². The average Bonchev–Trinajstić information content (AvgIpc) is 2.51. The topological polar surface area (TPSA) is 59.9 Å². The lowest BCUT2D eigenvalue weighted by atomic mass is 10.2. The van der Waals surface area contributed by atoms with Crippen molar-refractivity contribution in [3.05, 3.63) is 47.9 Å². The number of fused-ring (bicyclic) bond motifs is 1. The van der Waals surface area contributed by atoms with Gasteiger partial charge in [0.15, 0.2) is 5.75 Å². The molecule has 0 aliphatic rings. The second-order valence-electron chi connectivity index (χ2n) is 4.32. The fourth-order valence-corrected chi connectivity index (χ4v) is 2.19. The van der Waals surface area contributed by atoms with E-state index in [-0.39, 0.29) is 0 Å². The number of nitrogens with one attached hydrogen (secondary N) is 1. The standard InChI is InChI=1S/C15H13ClN4O/c1-2-18-13-8-17-9-14(20-13)21-12-6-5-11(16)10-4-3-7-19-15(10)12/h3-9H,2H2,1H3,(H,18,20). The number of pyridine rings is 1. The highest BCUT2D eigenvalue weighted by Gasteiger charge is 2.09.